The zero-order valence-electron chi connectivity index (χ0n) is 12.1. The Kier molecular flexibility index (Phi) is 3.23. The smallest absolute Gasteiger partial charge is 0.374 e. The number of aromatic nitrogens is 1. The minimum absolute atomic E-state index is 0.207. The average molecular weight is 301 g/mol. The molecule has 0 spiro atoms. The van der Waals surface area contributed by atoms with Crippen molar-refractivity contribution in [3.05, 3.63) is 47.5 Å². The maximum Gasteiger partial charge on any atom is 0.374 e. The Morgan fingerprint density at radius 2 is 1.76 bits per heavy atom. The van der Waals surface area contributed by atoms with Gasteiger partial charge in [0.2, 0.25) is 5.88 Å². The number of rotatable bonds is 2. The molecule has 108 valence electrons. The van der Waals surface area contributed by atoms with Gasteiger partial charge in [-0.2, -0.15) is 0 Å². The van der Waals surface area contributed by atoms with Crippen LogP contribution in [0.15, 0.2) is 36.4 Å². The number of hydrogen-bond acceptors (Lipinski definition) is 3. The molecule has 0 radical (unpaired) electrons. The summed E-state index contributed by atoms with van der Waals surface area (Å²) in [5, 5.41) is 2.74. The molecule has 1 aromatic heterocycles. The number of hydrogen-bond donors (Lipinski definition) is 1. The highest BCUT2D eigenvalue weighted by molar-refractivity contribution is 7.52. The van der Waals surface area contributed by atoms with Crippen LogP contribution >= 0.6 is 7.60 Å². The predicted octanol–water partition coefficient (Wildman–Crippen LogP) is 4.20. The van der Waals surface area contributed by atoms with Gasteiger partial charge in [-0.25, -0.2) is 9.55 Å². The van der Waals surface area contributed by atoms with Crippen molar-refractivity contribution in [2.24, 2.45) is 0 Å². The molecule has 0 fully saturated rings. The number of pyridine rings is 1. The first-order valence-corrected chi connectivity index (χ1v) is 8.67. The first kappa shape index (κ1) is 14.1. The number of benzene rings is 2. The lowest BCUT2D eigenvalue weighted by atomic mass is 10.0. The SMILES string of the molecule is Cc1cc(C)c2nc(OP(C)(=O)O)c3ccccc3c2c1. The van der Waals surface area contributed by atoms with Crippen LogP contribution in [0.4, 0.5) is 0 Å². The molecule has 0 saturated heterocycles. The van der Waals surface area contributed by atoms with Crippen molar-refractivity contribution < 1.29 is 14.0 Å². The summed E-state index contributed by atoms with van der Waals surface area (Å²) in [6.45, 7) is 5.18. The van der Waals surface area contributed by atoms with Crippen LogP contribution in [0, 0.1) is 13.8 Å². The molecule has 3 aromatic rings. The fraction of sp³-hybridized carbons (Fsp3) is 0.188. The standard InChI is InChI=1S/C16H16NO3P/c1-10-8-11(2)15-14(9-10)12-6-4-5-7-13(12)16(17-15)20-21(3,18)19/h4-9H,1-3H3,(H,18,19). The van der Waals surface area contributed by atoms with E-state index < -0.39 is 7.60 Å². The van der Waals surface area contributed by atoms with Crippen molar-refractivity contribution in [3.63, 3.8) is 0 Å². The number of aryl methyl sites for hydroxylation is 2. The first-order valence-electron chi connectivity index (χ1n) is 6.65. The average Bonchev–Trinajstić information content (AvgIpc) is 2.38. The molecule has 1 atom stereocenters. The molecule has 0 aliphatic heterocycles. The summed E-state index contributed by atoms with van der Waals surface area (Å²) in [4.78, 5) is 14.0. The van der Waals surface area contributed by atoms with Gasteiger partial charge >= 0.3 is 7.60 Å². The third-order valence-electron chi connectivity index (χ3n) is 3.36. The van der Waals surface area contributed by atoms with Gasteiger partial charge in [0.15, 0.2) is 0 Å². The fourth-order valence-electron chi connectivity index (χ4n) is 2.61. The van der Waals surface area contributed by atoms with E-state index in [1.165, 1.54) is 0 Å². The van der Waals surface area contributed by atoms with E-state index in [1.54, 1.807) is 0 Å². The Hall–Kier alpha value is -1.90. The van der Waals surface area contributed by atoms with E-state index >= 15 is 0 Å². The molecular formula is C16H16NO3P. The lowest BCUT2D eigenvalue weighted by Crippen LogP contribution is -1.96. The van der Waals surface area contributed by atoms with Crippen molar-refractivity contribution in [1.29, 1.82) is 0 Å². The second-order valence-corrected chi connectivity index (χ2v) is 7.12. The number of fused-ring (bicyclic) bond motifs is 3. The van der Waals surface area contributed by atoms with Gasteiger partial charge in [0, 0.05) is 17.4 Å². The molecule has 1 heterocycles. The maximum absolute atomic E-state index is 11.6. The van der Waals surface area contributed by atoms with Crippen LogP contribution in [-0.2, 0) is 4.57 Å². The van der Waals surface area contributed by atoms with Gasteiger partial charge in [0.25, 0.3) is 0 Å². The van der Waals surface area contributed by atoms with Crippen molar-refractivity contribution in [2.75, 3.05) is 6.66 Å². The molecule has 0 amide bonds. The second kappa shape index (κ2) is 4.83. The summed E-state index contributed by atoms with van der Waals surface area (Å²) >= 11 is 0. The van der Waals surface area contributed by atoms with E-state index in [0.29, 0.717) is 0 Å². The fourth-order valence-corrected chi connectivity index (χ4v) is 3.07. The molecule has 2 aromatic carbocycles. The van der Waals surface area contributed by atoms with E-state index in [0.717, 1.165) is 39.5 Å². The van der Waals surface area contributed by atoms with Crippen molar-refractivity contribution in [1.82, 2.24) is 4.98 Å². The molecule has 1 N–H and O–H groups in total. The van der Waals surface area contributed by atoms with Gasteiger partial charge in [0.05, 0.1) is 5.52 Å². The Bertz CT molecular complexity index is 899. The summed E-state index contributed by atoms with van der Waals surface area (Å²) < 4.78 is 16.8. The van der Waals surface area contributed by atoms with Crippen LogP contribution in [0.2, 0.25) is 0 Å². The molecule has 4 nitrogen and oxygen atoms in total. The highest BCUT2D eigenvalue weighted by Crippen LogP contribution is 2.42. The Balaban J connectivity index is 2.45. The van der Waals surface area contributed by atoms with Gasteiger partial charge in [-0.05, 0) is 36.9 Å². The van der Waals surface area contributed by atoms with Gasteiger partial charge in [-0.1, -0.05) is 29.8 Å². The highest BCUT2D eigenvalue weighted by atomic mass is 31.2. The van der Waals surface area contributed by atoms with Gasteiger partial charge < -0.3 is 9.42 Å². The summed E-state index contributed by atoms with van der Waals surface area (Å²) in [7, 11) is -3.66. The van der Waals surface area contributed by atoms with Crippen molar-refractivity contribution >= 4 is 29.3 Å². The largest absolute Gasteiger partial charge is 0.405 e. The first-order chi connectivity index (χ1) is 9.85. The highest BCUT2D eigenvalue weighted by Gasteiger charge is 2.17. The predicted molar refractivity (Wildman–Crippen MR) is 85.1 cm³/mol. The minimum atomic E-state index is -3.66. The molecule has 0 bridgehead atoms. The summed E-state index contributed by atoms with van der Waals surface area (Å²) in [5.41, 5.74) is 2.97. The van der Waals surface area contributed by atoms with Crippen LogP contribution < -0.4 is 4.52 Å². The zero-order chi connectivity index (χ0) is 15.2. The quantitative estimate of drug-likeness (QED) is 0.569. The Morgan fingerprint density at radius 3 is 2.43 bits per heavy atom. The Morgan fingerprint density at radius 1 is 1.10 bits per heavy atom. The van der Waals surface area contributed by atoms with Gasteiger partial charge in [0.1, 0.15) is 0 Å². The summed E-state index contributed by atoms with van der Waals surface area (Å²) in [6, 6.07) is 11.7. The van der Waals surface area contributed by atoms with Gasteiger partial charge in [-0.15, -0.1) is 0 Å². The van der Waals surface area contributed by atoms with E-state index in [2.05, 4.69) is 11.1 Å². The molecule has 0 aliphatic rings. The summed E-state index contributed by atoms with van der Waals surface area (Å²) in [6.07, 6.45) is 0. The molecule has 21 heavy (non-hydrogen) atoms. The van der Waals surface area contributed by atoms with Crippen LogP contribution in [-0.4, -0.2) is 16.5 Å². The van der Waals surface area contributed by atoms with Crippen LogP contribution in [0.5, 0.6) is 5.88 Å². The lowest BCUT2D eigenvalue weighted by Gasteiger charge is -2.14. The number of nitrogens with zero attached hydrogens (tertiary/aromatic N) is 1. The van der Waals surface area contributed by atoms with E-state index in [9.17, 15) is 9.46 Å². The molecule has 0 saturated carbocycles. The second-order valence-electron chi connectivity index (χ2n) is 5.33. The molecule has 3 rings (SSSR count). The third kappa shape index (κ3) is 2.65. The topological polar surface area (TPSA) is 59.4 Å². The van der Waals surface area contributed by atoms with Crippen LogP contribution in [0.3, 0.4) is 0 Å². The maximum atomic E-state index is 11.6. The summed E-state index contributed by atoms with van der Waals surface area (Å²) in [5.74, 6) is 0.207. The normalized spacial score (nSPS) is 14.3. The lowest BCUT2D eigenvalue weighted by molar-refractivity contribution is 0.384. The van der Waals surface area contributed by atoms with Crippen molar-refractivity contribution in [2.45, 2.75) is 13.8 Å². The monoisotopic (exact) mass is 301 g/mol. The van der Waals surface area contributed by atoms with E-state index in [4.69, 9.17) is 4.52 Å². The van der Waals surface area contributed by atoms with Crippen molar-refractivity contribution in [3.8, 4) is 5.88 Å². The zero-order valence-corrected chi connectivity index (χ0v) is 13.0. The van der Waals surface area contributed by atoms with Crippen LogP contribution in [0.25, 0.3) is 21.7 Å². The molecule has 1 unspecified atom stereocenters. The van der Waals surface area contributed by atoms with Crippen LogP contribution in [0.1, 0.15) is 11.1 Å². The van der Waals surface area contributed by atoms with E-state index in [-0.39, 0.29) is 5.88 Å². The minimum Gasteiger partial charge on any atom is -0.405 e. The molecule has 5 heteroatoms. The van der Waals surface area contributed by atoms with E-state index in [1.807, 2.05) is 44.2 Å². The third-order valence-corrected chi connectivity index (χ3v) is 3.87. The Labute approximate surface area is 122 Å². The molecular weight excluding hydrogens is 285 g/mol. The molecule has 0 aliphatic carbocycles. The van der Waals surface area contributed by atoms with Gasteiger partial charge in [-0.3, -0.25) is 0 Å².